The normalized spacial score (nSPS) is 16.2. The molecule has 1 aliphatic rings. The van der Waals surface area contributed by atoms with Gasteiger partial charge in [-0.15, -0.1) is 24.0 Å². The van der Waals surface area contributed by atoms with Crippen LogP contribution in [-0.2, 0) is 6.54 Å². The molecular formula is C21H30ClIN6O. The third-order valence-electron chi connectivity index (χ3n) is 4.61. The molecular weight excluding hydrogens is 515 g/mol. The van der Waals surface area contributed by atoms with Gasteiger partial charge in [-0.05, 0) is 38.0 Å². The van der Waals surface area contributed by atoms with E-state index in [0.29, 0.717) is 24.1 Å². The topological polar surface area (TPSA) is 74.7 Å². The zero-order chi connectivity index (χ0) is 20.5. The predicted molar refractivity (Wildman–Crippen MR) is 133 cm³/mol. The van der Waals surface area contributed by atoms with Crippen molar-refractivity contribution >= 4 is 47.4 Å². The number of ether oxygens (including phenoxy) is 1. The Morgan fingerprint density at radius 2 is 2.07 bits per heavy atom. The van der Waals surface area contributed by atoms with Crippen LogP contribution in [0.15, 0.2) is 41.7 Å². The zero-order valence-electron chi connectivity index (χ0n) is 17.5. The van der Waals surface area contributed by atoms with Crippen LogP contribution in [-0.4, -0.2) is 48.2 Å². The van der Waals surface area contributed by atoms with Gasteiger partial charge in [-0.1, -0.05) is 24.6 Å². The Morgan fingerprint density at radius 1 is 1.27 bits per heavy atom. The van der Waals surface area contributed by atoms with Gasteiger partial charge >= 0.3 is 0 Å². The van der Waals surface area contributed by atoms with Gasteiger partial charge in [0.05, 0.1) is 18.2 Å². The van der Waals surface area contributed by atoms with E-state index in [1.165, 1.54) is 0 Å². The quantitative estimate of drug-likeness (QED) is 0.299. The molecule has 2 aromatic heterocycles. The molecule has 0 aromatic carbocycles. The summed E-state index contributed by atoms with van der Waals surface area (Å²) >= 11 is 6.30. The fourth-order valence-corrected chi connectivity index (χ4v) is 3.47. The van der Waals surface area contributed by atoms with Crippen LogP contribution in [0, 0.1) is 0 Å². The second-order valence-electron chi connectivity index (χ2n) is 6.90. The summed E-state index contributed by atoms with van der Waals surface area (Å²) in [6.07, 6.45) is 5.47. The van der Waals surface area contributed by atoms with Gasteiger partial charge in [0.2, 0.25) is 5.88 Å². The van der Waals surface area contributed by atoms with Crippen molar-refractivity contribution in [3.05, 3.63) is 47.2 Å². The molecule has 30 heavy (non-hydrogen) atoms. The average Bonchev–Trinajstić information content (AvgIpc) is 3.20. The number of aliphatic imine (C=N–C) groups is 1. The van der Waals surface area contributed by atoms with E-state index in [2.05, 4.69) is 39.3 Å². The summed E-state index contributed by atoms with van der Waals surface area (Å²) < 4.78 is 5.74. The standard InChI is InChI=1S/C21H29ClN6O.HI/c1-3-13-29-20-16(7-5-11-25-20)14-26-21(23-4-2)27-17-9-12-28(15-17)19-18(22)8-6-10-24-19;/h5-8,10-11,17H,3-4,9,12-15H2,1-2H3,(H2,23,26,27);1H. The lowest BCUT2D eigenvalue weighted by Crippen LogP contribution is -2.44. The highest BCUT2D eigenvalue weighted by Gasteiger charge is 2.25. The van der Waals surface area contributed by atoms with Crippen LogP contribution in [0.4, 0.5) is 5.82 Å². The number of pyridine rings is 2. The van der Waals surface area contributed by atoms with Crippen molar-refractivity contribution < 1.29 is 4.74 Å². The SMILES string of the molecule is CCCOc1ncccc1CN=C(NCC)NC1CCN(c2ncccc2Cl)C1.I. The minimum Gasteiger partial charge on any atom is -0.477 e. The Morgan fingerprint density at radius 3 is 2.83 bits per heavy atom. The van der Waals surface area contributed by atoms with Crippen LogP contribution < -0.4 is 20.3 Å². The maximum atomic E-state index is 6.30. The van der Waals surface area contributed by atoms with Crippen LogP contribution in [0.1, 0.15) is 32.3 Å². The van der Waals surface area contributed by atoms with Crippen LogP contribution in [0.2, 0.25) is 5.02 Å². The Labute approximate surface area is 200 Å². The number of rotatable bonds is 8. The lowest BCUT2D eigenvalue weighted by Gasteiger charge is -2.20. The maximum absolute atomic E-state index is 6.30. The van der Waals surface area contributed by atoms with E-state index in [0.717, 1.165) is 49.8 Å². The summed E-state index contributed by atoms with van der Waals surface area (Å²) in [5.41, 5.74) is 0.978. The number of guanidine groups is 1. The molecule has 1 aliphatic heterocycles. The van der Waals surface area contributed by atoms with Gasteiger partial charge in [0.15, 0.2) is 5.96 Å². The molecule has 0 spiro atoms. The minimum atomic E-state index is 0. The summed E-state index contributed by atoms with van der Waals surface area (Å²) in [4.78, 5) is 15.7. The van der Waals surface area contributed by atoms with Crippen molar-refractivity contribution in [3.63, 3.8) is 0 Å². The Balaban J connectivity index is 0.00000320. The van der Waals surface area contributed by atoms with Gasteiger partial charge in [-0.25, -0.2) is 15.0 Å². The Bertz CT molecular complexity index is 822. The van der Waals surface area contributed by atoms with E-state index in [4.69, 9.17) is 21.3 Å². The number of nitrogens with zero attached hydrogens (tertiary/aromatic N) is 4. The molecule has 0 radical (unpaired) electrons. The number of hydrogen-bond acceptors (Lipinski definition) is 5. The van der Waals surface area contributed by atoms with E-state index in [9.17, 15) is 0 Å². The Hall–Kier alpha value is -1.81. The molecule has 0 bridgehead atoms. The molecule has 0 amide bonds. The van der Waals surface area contributed by atoms with E-state index in [1.54, 1.807) is 12.4 Å². The molecule has 2 aromatic rings. The highest BCUT2D eigenvalue weighted by atomic mass is 127. The molecule has 0 aliphatic carbocycles. The highest BCUT2D eigenvalue weighted by molar-refractivity contribution is 14.0. The molecule has 1 atom stereocenters. The predicted octanol–water partition coefficient (Wildman–Crippen LogP) is 3.87. The zero-order valence-corrected chi connectivity index (χ0v) is 20.6. The first-order chi connectivity index (χ1) is 14.2. The third-order valence-corrected chi connectivity index (χ3v) is 4.91. The number of anilines is 1. The smallest absolute Gasteiger partial charge is 0.218 e. The highest BCUT2D eigenvalue weighted by Crippen LogP contribution is 2.25. The van der Waals surface area contributed by atoms with E-state index >= 15 is 0 Å². The fourth-order valence-electron chi connectivity index (χ4n) is 3.23. The van der Waals surface area contributed by atoms with Crippen molar-refractivity contribution in [3.8, 4) is 5.88 Å². The van der Waals surface area contributed by atoms with Crippen LogP contribution in [0.25, 0.3) is 0 Å². The van der Waals surface area contributed by atoms with Crippen molar-refractivity contribution in [2.45, 2.75) is 39.3 Å². The summed E-state index contributed by atoms with van der Waals surface area (Å²) in [6, 6.07) is 7.92. The number of nitrogens with one attached hydrogen (secondary N) is 2. The average molecular weight is 545 g/mol. The third kappa shape index (κ3) is 6.87. The van der Waals surface area contributed by atoms with E-state index < -0.39 is 0 Å². The fraction of sp³-hybridized carbons (Fsp3) is 0.476. The first kappa shape index (κ1) is 24.5. The molecule has 1 unspecified atom stereocenters. The lowest BCUT2D eigenvalue weighted by atomic mass is 10.2. The number of halogens is 2. The molecule has 164 valence electrons. The van der Waals surface area contributed by atoms with Gasteiger partial charge in [-0.2, -0.15) is 0 Å². The molecule has 3 rings (SSSR count). The summed E-state index contributed by atoms with van der Waals surface area (Å²) in [5.74, 6) is 2.29. The summed E-state index contributed by atoms with van der Waals surface area (Å²) in [7, 11) is 0. The molecule has 3 heterocycles. The van der Waals surface area contributed by atoms with Crippen molar-refractivity contribution in [1.82, 2.24) is 20.6 Å². The molecule has 1 saturated heterocycles. The molecule has 2 N–H and O–H groups in total. The van der Waals surface area contributed by atoms with Crippen LogP contribution in [0.5, 0.6) is 5.88 Å². The van der Waals surface area contributed by atoms with Crippen LogP contribution >= 0.6 is 35.6 Å². The maximum Gasteiger partial charge on any atom is 0.218 e. The van der Waals surface area contributed by atoms with Crippen molar-refractivity contribution in [2.24, 2.45) is 4.99 Å². The first-order valence-corrected chi connectivity index (χ1v) is 10.6. The van der Waals surface area contributed by atoms with Crippen LogP contribution in [0.3, 0.4) is 0 Å². The minimum absolute atomic E-state index is 0. The van der Waals surface area contributed by atoms with Crippen molar-refractivity contribution in [2.75, 3.05) is 31.1 Å². The van der Waals surface area contributed by atoms with E-state index in [-0.39, 0.29) is 30.0 Å². The second-order valence-corrected chi connectivity index (χ2v) is 7.30. The summed E-state index contributed by atoms with van der Waals surface area (Å²) in [5, 5.41) is 7.55. The van der Waals surface area contributed by atoms with Gasteiger partial charge < -0.3 is 20.3 Å². The van der Waals surface area contributed by atoms with Gasteiger partial charge in [0.1, 0.15) is 5.82 Å². The van der Waals surface area contributed by atoms with E-state index in [1.807, 2.05) is 24.3 Å². The van der Waals surface area contributed by atoms with Gasteiger partial charge in [0.25, 0.3) is 0 Å². The molecule has 9 heteroatoms. The largest absolute Gasteiger partial charge is 0.477 e. The molecule has 0 saturated carbocycles. The number of hydrogen-bond donors (Lipinski definition) is 2. The molecule has 7 nitrogen and oxygen atoms in total. The first-order valence-electron chi connectivity index (χ1n) is 10.2. The number of aromatic nitrogens is 2. The molecule has 1 fully saturated rings. The van der Waals surface area contributed by atoms with Gasteiger partial charge in [-0.3, -0.25) is 0 Å². The lowest BCUT2D eigenvalue weighted by molar-refractivity contribution is 0.302. The second kappa shape index (κ2) is 12.8. The Kier molecular flexibility index (Phi) is 10.4. The summed E-state index contributed by atoms with van der Waals surface area (Å²) in [6.45, 7) is 7.83. The monoisotopic (exact) mass is 544 g/mol. The van der Waals surface area contributed by atoms with Crippen molar-refractivity contribution in [1.29, 1.82) is 0 Å². The van der Waals surface area contributed by atoms with Gasteiger partial charge in [0, 0.05) is 43.6 Å².